The van der Waals surface area contributed by atoms with Crippen molar-refractivity contribution in [1.82, 2.24) is 15.1 Å². The number of hydrogen-bond acceptors (Lipinski definition) is 3. The van der Waals surface area contributed by atoms with Crippen LogP contribution in [0.1, 0.15) is 20.3 Å². The molecule has 0 aromatic heterocycles. The van der Waals surface area contributed by atoms with E-state index in [1.165, 1.54) is 13.0 Å². The molecule has 0 saturated carbocycles. The van der Waals surface area contributed by atoms with Crippen molar-refractivity contribution < 1.29 is 0 Å². The van der Waals surface area contributed by atoms with Crippen LogP contribution in [0.3, 0.4) is 0 Å². The first-order valence-electron chi connectivity index (χ1n) is 5.63. The molecule has 0 aromatic rings. The summed E-state index contributed by atoms with van der Waals surface area (Å²) in [6.45, 7) is 8.97. The van der Waals surface area contributed by atoms with E-state index in [0.717, 1.165) is 19.6 Å². The second kappa shape index (κ2) is 8.21. The molecule has 3 heteroatoms. The van der Waals surface area contributed by atoms with Gasteiger partial charge in [0.05, 0.1) is 0 Å². The Balaban J connectivity index is 3.38. The zero-order valence-corrected chi connectivity index (χ0v) is 10.5. The molecule has 0 aliphatic carbocycles. The van der Waals surface area contributed by atoms with Gasteiger partial charge >= 0.3 is 0 Å². The van der Waals surface area contributed by atoms with Crippen LogP contribution in [0, 0.1) is 0 Å². The fraction of sp³-hybridized carbons (Fsp3) is 1.00. The van der Waals surface area contributed by atoms with Crippen LogP contribution in [-0.2, 0) is 0 Å². The lowest BCUT2D eigenvalue weighted by molar-refractivity contribution is 0.270. The van der Waals surface area contributed by atoms with Gasteiger partial charge in [-0.15, -0.1) is 0 Å². The normalized spacial score (nSPS) is 13.9. The van der Waals surface area contributed by atoms with Crippen LogP contribution in [0.5, 0.6) is 0 Å². The van der Waals surface area contributed by atoms with E-state index in [1.807, 2.05) is 0 Å². The molecule has 0 rings (SSSR count). The molecule has 0 fully saturated rings. The number of nitrogens with zero attached hydrogens (tertiary/aromatic N) is 2. The first kappa shape index (κ1) is 13.9. The summed E-state index contributed by atoms with van der Waals surface area (Å²) in [5.41, 5.74) is 0. The lowest BCUT2D eigenvalue weighted by atomic mass is 10.2. The zero-order chi connectivity index (χ0) is 11.0. The Hall–Kier alpha value is -0.120. The third-order valence-corrected chi connectivity index (χ3v) is 2.43. The SMILES string of the molecule is CCNC(C)CCN(C)CCN(C)C. The van der Waals surface area contributed by atoms with Crippen molar-refractivity contribution in [2.45, 2.75) is 26.3 Å². The average molecular weight is 201 g/mol. The molecule has 86 valence electrons. The van der Waals surface area contributed by atoms with Crippen molar-refractivity contribution in [3.05, 3.63) is 0 Å². The van der Waals surface area contributed by atoms with Crippen molar-refractivity contribution in [2.75, 3.05) is 47.3 Å². The van der Waals surface area contributed by atoms with Gasteiger partial charge < -0.3 is 15.1 Å². The fourth-order valence-corrected chi connectivity index (χ4v) is 1.35. The molecular weight excluding hydrogens is 174 g/mol. The summed E-state index contributed by atoms with van der Waals surface area (Å²) in [6, 6.07) is 0.641. The van der Waals surface area contributed by atoms with Gasteiger partial charge in [0, 0.05) is 19.1 Å². The maximum absolute atomic E-state index is 3.43. The number of likely N-dealkylation sites (N-methyl/N-ethyl adjacent to an activating group) is 2. The first-order valence-corrected chi connectivity index (χ1v) is 5.63. The second-order valence-corrected chi connectivity index (χ2v) is 4.35. The Morgan fingerprint density at radius 1 is 1.07 bits per heavy atom. The van der Waals surface area contributed by atoms with Crippen LogP contribution in [0.15, 0.2) is 0 Å². The zero-order valence-electron chi connectivity index (χ0n) is 10.5. The van der Waals surface area contributed by atoms with Gasteiger partial charge in [-0.2, -0.15) is 0 Å². The molecule has 1 unspecified atom stereocenters. The van der Waals surface area contributed by atoms with Gasteiger partial charge in [0.1, 0.15) is 0 Å². The van der Waals surface area contributed by atoms with Crippen LogP contribution < -0.4 is 5.32 Å². The summed E-state index contributed by atoms with van der Waals surface area (Å²) in [7, 11) is 6.44. The molecule has 1 N–H and O–H groups in total. The topological polar surface area (TPSA) is 18.5 Å². The molecule has 1 atom stereocenters. The predicted octanol–water partition coefficient (Wildman–Crippen LogP) is 0.868. The van der Waals surface area contributed by atoms with Crippen molar-refractivity contribution >= 4 is 0 Å². The Morgan fingerprint density at radius 2 is 1.71 bits per heavy atom. The van der Waals surface area contributed by atoms with Crippen molar-refractivity contribution in [1.29, 1.82) is 0 Å². The van der Waals surface area contributed by atoms with Gasteiger partial charge in [-0.05, 0) is 47.6 Å². The van der Waals surface area contributed by atoms with E-state index in [9.17, 15) is 0 Å². The number of hydrogen-bond donors (Lipinski definition) is 1. The summed E-state index contributed by atoms with van der Waals surface area (Å²) in [5.74, 6) is 0. The largest absolute Gasteiger partial charge is 0.314 e. The van der Waals surface area contributed by atoms with Crippen molar-refractivity contribution in [3.8, 4) is 0 Å². The summed E-state index contributed by atoms with van der Waals surface area (Å²) >= 11 is 0. The lowest BCUT2D eigenvalue weighted by Crippen LogP contribution is -2.33. The molecular formula is C11H27N3. The highest BCUT2D eigenvalue weighted by atomic mass is 15.1. The number of rotatable bonds is 8. The van der Waals surface area contributed by atoms with E-state index in [-0.39, 0.29) is 0 Å². The predicted molar refractivity (Wildman–Crippen MR) is 63.8 cm³/mol. The molecule has 0 bridgehead atoms. The molecule has 0 amide bonds. The molecule has 0 aliphatic heterocycles. The summed E-state index contributed by atoms with van der Waals surface area (Å²) in [4.78, 5) is 4.62. The minimum Gasteiger partial charge on any atom is -0.314 e. The van der Waals surface area contributed by atoms with E-state index in [4.69, 9.17) is 0 Å². The quantitative estimate of drug-likeness (QED) is 0.628. The highest BCUT2D eigenvalue weighted by molar-refractivity contribution is 4.62. The highest BCUT2D eigenvalue weighted by Gasteiger charge is 2.03. The average Bonchev–Trinajstić information content (AvgIpc) is 2.12. The standard InChI is InChI=1S/C11H27N3/c1-6-12-11(2)7-8-14(5)10-9-13(3)4/h11-12H,6-10H2,1-5H3. The van der Waals surface area contributed by atoms with E-state index in [0.29, 0.717) is 6.04 Å². The van der Waals surface area contributed by atoms with Crippen LogP contribution in [-0.4, -0.2) is 63.2 Å². The van der Waals surface area contributed by atoms with Crippen molar-refractivity contribution in [3.63, 3.8) is 0 Å². The van der Waals surface area contributed by atoms with Crippen LogP contribution >= 0.6 is 0 Å². The molecule has 14 heavy (non-hydrogen) atoms. The Bertz CT molecular complexity index is 126. The maximum Gasteiger partial charge on any atom is 0.0106 e. The maximum atomic E-state index is 3.43. The second-order valence-electron chi connectivity index (χ2n) is 4.35. The highest BCUT2D eigenvalue weighted by Crippen LogP contribution is 1.93. The van der Waals surface area contributed by atoms with Crippen molar-refractivity contribution in [2.24, 2.45) is 0 Å². The Morgan fingerprint density at radius 3 is 2.21 bits per heavy atom. The minimum absolute atomic E-state index is 0.641. The number of nitrogens with one attached hydrogen (secondary N) is 1. The Labute approximate surface area is 89.5 Å². The van der Waals surface area contributed by atoms with E-state index < -0.39 is 0 Å². The minimum atomic E-state index is 0.641. The van der Waals surface area contributed by atoms with E-state index >= 15 is 0 Å². The Kier molecular flexibility index (Phi) is 8.14. The lowest BCUT2D eigenvalue weighted by Gasteiger charge is -2.21. The van der Waals surface area contributed by atoms with Gasteiger partial charge in [0.2, 0.25) is 0 Å². The first-order chi connectivity index (χ1) is 6.56. The molecule has 0 radical (unpaired) electrons. The third-order valence-electron chi connectivity index (χ3n) is 2.43. The van der Waals surface area contributed by atoms with Crippen LogP contribution in [0.25, 0.3) is 0 Å². The summed E-state index contributed by atoms with van der Waals surface area (Å²) in [6.07, 6.45) is 1.23. The summed E-state index contributed by atoms with van der Waals surface area (Å²) in [5, 5.41) is 3.43. The molecule has 0 spiro atoms. The van der Waals surface area contributed by atoms with E-state index in [2.05, 4.69) is 50.1 Å². The van der Waals surface area contributed by atoms with Gasteiger partial charge in [-0.3, -0.25) is 0 Å². The molecule has 0 saturated heterocycles. The molecule has 3 nitrogen and oxygen atoms in total. The van der Waals surface area contributed by atoms with Crippen LogP contribution in [0.2, 0.25) is 0 Å². The molecule has 0 aliphatic rings. The molecule has 0 aromatic carbocycles. The van der Waals surface area contributed by atoms with E-state index in [1.54, 1.807) is 0 Å². The van der Waals surface area contributed by atoms with Gasteiger partial charge in [0.25, 0.3) is 0 Å². The van der Waals surface area contributed by atoms with Gasteiger partial charge in [0.15, 0.2) is 0 Å². The molecule has 0 heterocycles. The van der Waals surface area contributed by atoms with Gasteiger partial charge in [-0.25, -0.2) is 0 Å². The monoisotopic (exact) mass is 201 g/mol. The summed E-state index contributed by atoms with van der Waals surface area (Å²) < 4.78 is 0. The third kappa shape index (κ3) is 8.48. The smallest absolute Gasteiger partial charge is 0.0106 e. The van der Waals surface area contributed by atoms with Crippen LogP contribution in [0.4, 0.5) is 0 Å². The fourth-order valence-electron chi connectivity index (χ4n) is 1.35. The van der Waals surface area contributed by atoms with Gasteiger partial charge in [-0.1, -0.05) is 6.92 Å².